The molecule has 0 saturated carbocycles. The number of benzene rings is 1. The lowest BCUT2D eigenvalue weighted by Crippen LogP contribution is -2.27. The molecule has 0 spiro atoms. The fraction of sp³-hybridized carbons (Fsp3) is 0.571. The lowest BCUT2D eigenvalue weighted by molar-refractivity contribution is 0.0898. The predicted molar refractivity (Wildman–Crippen MR) is 68.0 cm³/mol. The summed E-state index contributed by atoms with van der Waals surface area (Å²) in [6.07, 6.45) is 1.39. The fourth-order valence-electron chi connectivity index (χ4n) is 2.32. The van der Waals surface area contributed by atoms with Crippen LogP contribution in [-0.4, -0.2) is 33.4 Å². The van der Waals surface area contributed by atoms with Gasteiger partial charge in [-0.2, -0.15) is 0 Å². The Labute approximate surface area is 103 Å². The van der Waals surface area contributed by atoms with Crippen molar-refractivity contribution in [1.29, 1.82) is 0 Å². The lowest BCUT2D eigenvalue weighted by Gasteiger charge is -2.19. The summed E-state index contributed by atoms with van der Waals surface area (Å²) >= 11 is 0. The summed E-state index contributed by atoms with van der Waals surface area (Å²) in [5.41, 5.74) is 1.29. The highest BCUT2D eigenvalue weighted by atomic mass is 16.5. The molecule has 0 aromatic heterocycles. The molecular formula is C14H21NO2. The second-order valence-corrected chi connectivity index (χ2v) is 4.45. The van der Waals surface area contributed by atoms with Gasteiger partial charge in [-0.1, -0.05) is 30.3 Å². The molecule has 3 heteroatoms. The normalized spacial score (nSPS) is 24.1. The molecular weight excluding hydrogens is 214 g/mol. The van der Waals surface area contributed by atoms with Gasteiger partial charge in [0, 0.05) is 32.7 Å². The molecule has 0 aliphatic carbocycles. The van der Waals surface area contributed by atoms with Crippen molar-refractivity contribution in [2.24, 2.45) is 5.92 Å². The molecule has 1 fully saturated rings. The Kier molecular flexibility index (Phi) is 4.98. The molecule has 2 unspecified atom stereocenters. The van der Waals surface area contributed by atoms with Gasteiger partial charge in [0.05, 0.1) is 12.7 Å². The SMILES string of the molecule is COCCNCC1CCOC1c1ccccc1. The Balaban J connectivity index is 1.85. The van der Waals surface area contributed by atoms with E-state index in [0.717, 1.165) is 32.7 Å². The third-order valence-corrected chi connectivity index (χ3v) is 3.23. The van der Waals surface area contributed by atoms with Crippen LogP contribution in [0.15, 0.2) is 30.3 Å². The third kappa shape index (κ3) is 3.53. The van der Waals surface area contributed by atoms with Gasteiger partial charge >= 0.3 is 0 Å². The van der Waals surface area contributed by atoms with Crippen molar-refractivity contribution < 1.29 is 9.47 Å². The highest BCUT2D eigenvalue weighted by molar-refractivity contribution is 5.19. The van der Waals surface area contributed by atoms with E-state index in [2.05, 4.69) is 29.6 Å². The van der Waals surface area contributed by atoms with Gasteiger partial charge in [0.25, 0.3) is 0 Å². The maximum atomic E-state index is 5.84. The average molecular weight is 235 g/mol. The molecule has 2 atom stereocenters. The van der Waals surface area contributed by atoms with E-state index < -0.39 is 0 Å². The second-order valence-electron chi connectivity index (χ2n) is 4.45. The number of ether oxygens (including phenoxy) is 2. The highest BCUT2D eigenvalue weighted by Gasteiger charge is 2.28. The molecule has 94 valence electrons. The van der Waals surface area contributed by atoms with E-state index in [1.165, 1.54) is 5.56 Å². The fourth-order valence-corrected chi connectivity index (χ4v) is 2.32. The van der Waals surface area contributed by atoms with Gasteiger partial charge in [0.15, 0.2) is 0 Å². The van der Waals surface area contributed by atoms with Gasteiger partial charge in [-0.05, 0) is 12.0 Å². The zero-order chi connectivity index (χ0) is 11.9. The van der Waals surface area contributed by atoms with Gasteiger partial charge in [0.1, 0.15) is 0 Å². The number of rotatable bonds is 6. The third-order valence-electron chi connectivity index (χ3n) is 3.23. The van der Waals surface area contributed by atoms with Crippen molar-refractivity contribution in [2.45, 2.75) is 12.5 Å². The Hall–Kier alpha value is -0.900. The number of nitrogens with one attached hydrogen (secondary N) is 1. The van der Waals surface area contributed by atoms with Crippen molar-refractivity contribution in [3.05, 3.63) is 35.9 Å². The van der Waals surface area contributed by atoms with Crippen molar-refractivity contribution in [3.63, 3.8) is 0 Å². The number of methoxy groups -OCH3 is 1. The minimum Gasteiger partial charge on any atom is -0.383 e. The summed E-state index contributed by atoms with van der Waals surface area (Å²) in [4.78, 5) is 0. The summed E-state index contributed by atoms with van der Waals surface area (Å²) in [7, 11) is 1.73. The molecule has 1 aliphatic rings. The molecule has 2 rings (SSSR count). The van der Waals surface area contributed by atoms with E-state index >= 15 is 0 Å². The van der Waals surface area contributed by atoms with Gasteiger partial charge in [-0.25, -0.2) is 0 Å². The maximum Gasteiger partial charge on any atom is 0.0866 e. The zero-order valence-electron chi connectivity index (χ0n) is 10.4. The van der Waals surface area contributed by atoms with Crippen molar-refractivity contribution in [3.8, 4) is 0 Å². The van der Waals surface area contributed by atoms with Gasteiger partial charge in [-0.15, -0.1) is 0 Å². The van der Waals surface area contributed by atoms with Crippen molar-refractivity contribution in [1.82, 2.24) is 5.32 Å². The van der Waals surface area contributed by atoms with Crippen LogP contribution in [0.4, 0.5) is 0 Å². The van der Waals surface area contributed by atoms with E-state index in [1.807, 2.05) is 6.07 Å². The van der Waals surface area contributed by atoms with Crippen LogP contribution in [0.2, 0.25) is 0 Å². The molecule has 1 saturated heterocycles. The summed E-state index contributed by atoms with van der Waals surface area (Å²) in [6, 6.07) is 10.5. The molecule has 0 amide bonds. The zero-order valence-corrected chi connectivity index (χ0v) is 10.4. The minimum atomic E-state index is 0.256. The monoisotopic (exact) mass is 235 g/mol. The average Bonchev–Trinajstić information content (AvgIpc) is 2.84. The number of hydrogen-bond acceptors (Lipinski definition) is 3. The summed E-state index contributed by atoms with van der Waals surface area (Å²) < 4.78 is 10.9. The van der Waals surface area contributed by atoms with Crippen LogP contribution in [0.1, 0.15) is 18.1 Å². The summed E-state index contributed by atoms with van der Waals surface area (Å²) in [5, 5.41) is 3.42. The maximum absolute atomic E-state index is 5.84. The van der Waals surface area contributed by atoms with E-state index in [9.17, 15) is 0 Å². The van der Waals surface area contributed by atoms with E-state index in [1.54, 1.807) is 7.11 Å². The van der Waals surface area contributed by atoms with E-state index in [0.29, 0.717) is 5.92 Å². The largest absolute Gasteiger partial charge is 0.383 e. The minimum absolute atomic E-state index is 0.256. The standard InChI is InChI=1S/C14H21NO2/c1-16-10-8-15-11-13-7-9-17-14(13)12-5-3-2-4-6-12/h2-6,13-15H,7-11H2,1H3. The van der Waals surface area contributed by atoms with E-state index in [-0.39, 0.29) is 6.10 Å². The molecule has 1 aromatic carbocycles. The first kappa shape index (κ1) is 12.6. The van der Waals surface area contributed by atoms with Crippen LogP contribution in [0.5, 0.6) is 0 Å². The van der Waals surface area contributed by atoms with Gasteiger partial charge in [0.2, 0.25) is 0 Å². The quantitative estimate of drug-likeness (QED) is 0.765. The number of hydrogen-bond donors (Lipinski definition) is 1. The Morgan fingerprint density at radius 1 is 1.35 bits per heavy atom. The smallest absolute Gasteiger partial charge is 0.0866 e. The first-order chi connectivity index (χ1) is 8.42. The van der Waals surface area contributed by atoms with Crippen molar-refractivity contribution >= 4 is 0 Å². The first-order valence-electron chi connectivity index (χ1n) is 6.28. The van der Waals surface area contributed by atoms with Crippen LogP contribution in [0, 0.1) is 5.92 Å². The molecule has 0 radical (unpaired) electrons. The van der Waals surface area contributed by atoms with E-state index in [4.69, 9.17) is 9.47 Å². The molecule has 1 heterocycles. The summed E-state index contributed by atoms with van der Waals surface area (Å²) in [6.45, 7) is 3.55. The van der Waals surface area contributed by atoms with Crippen LogP contribution < -0.4 is 5.32 Å². The molecule has 17 heavy (non-hydrogen) atoms. The molecule has 3 nitrogen and oxygen atoms in total. The highest BCUT2D eigenvalue weighted by Crippen LogP contribution is 2.33. The Bertz CT molecular complexity index is 315. The second kappa shape index (κ2) is 6.74. The first-order valence-corrected chi connectivity index (χ1v) is 6.28. The molecule has 1 aliphatic heterocycles. The Morgan fingerprint density at radius 3 is 2.94 bits per heavy atom. The van der Waals surface area contributed by atoms with Crippen LogP contribution in [0.25, 0.3) is 0 Å². The molecule has 1 aromatic rings. The molecule has 1 N–H and O–H groups in total. The Morgan fingerprint density at radius 2 is 2.18 bits per heavy atom. The van der Waals surface area contributed by atoms with Gasteiger partial charge in [-0.3, -0.25) is 0 Å². The van der Waals surface area contributed by atoms with Crippen LogP contribution in [-0.2, 0) is 9.47 Å². The summed E-state index contributed by atoms with van der Waals surface area (Å²) in [5.74, 6) is 0.578. The van der Waals surface area contributed by atoms with Crippen molar-refractivity contribution in [2.75, 3.05) is 33.4 Å². The van der Waals surface area contributed by atoms with Crippen LogP contribution in [0.3, 0.4) is 0 Å². The topological polar surface area (TPSA) is 30.5 Å². The van der Waals surface area contributed by atoms with Crippen LogP contribution >= 0.6 is 0 Å². The predicted octanol–water partition coefficient (Wildman–Crippen LogP) is 2.00. The van der Waals surface area contributed by atoms with Gasteiger partial charge < -0.3 is 14.8 Å². The molecule has 0 bridgehead atoms. The lowest BCUT2D eigenvalue weighted by atomic mass is 9.95.